The Morgan fingerprint density at radius 2 is 1.90 bits per heavy atom. The molecule has 2 rings (SSSR count). The lowest BCUT2D eigenvalue weighted by Crippen LogP contribution is -2.08. The summed E-state index contributed by atoms with van der Waals surface area (Å²) in [4.78, 5) is 0. The summed E-state index contributed by atoms with van der Waals surface area (Å²) in [6.45, 7) is 2.00. The number of benzene rings is 2. The second kappa shape index (κ2) is 6.33. The summed E-state index contributed by atoms with van der Waals surface area (Å²) in [6, 6.07) is 9.07. The smallest absolute Gasteiger partial charge is 0.159 e. The summed E-state index contributed by atoms with van der Waals surface area (Å²) in [5.74, 6) is -1.13. The highest BCUT2D eigenvalue weighted by atomic mass is 79.9. The molecule has 0 aromatic heterocycles. The molecule has 0 amide bonds. The van der Waals surface area contributed by atoms with Crippen LogP contribution in [0, 0.1) is 11.6 Å². The second-order valence-electron chi connectivity index (χ2n) is 4.51. The highest BCUT2D eigenvalue weighted by Gasteiger charge is 2.10. The molecule has 0 spiro atoms. The van der Waals surface area contributed by atoms with Gasteiger partial charge in [-0.25, -0.2) is 8.78 Å². The Hall–Kier alpha value is -1.46. The molecule has 1 unspecified atom stereocenters. The van der Waals surface area contributed by atoms with Crippen LogP contribution in [-0.4, -0.2) is 0 Å². The fourth-order valence-electron chi connectivity index (χ4n) is 1.80. The van der Waals surface area contributed by atoms with Gasteiger partial charge in [-0.1, -0.05) is 28.1 Å². The lowest BCUT2D eigenvalue weighted by Gasteiger charge is -2.14. The molecule has 0 fully saturated rings. The molecule has 5 heteroatoms. The zero-order chi connectivity index (χ0) is 14.7. The maximum absolute atomic E-state index is 13.1. The summed E-state index contributed by atoms with van der Waals surface area (Å²) in [5.41, 5.74) is 7.28. The molecule has 0 radical (unpaired) electrons. The fourth-order valence-corrected chi connectivity index (χ4v) is 2.14. The third-order valence-electron chi connectivity index (χ3n) is 2.84. The maximum Gasteiger partial charge on any atom is 0.159 e. The minimum absolute atomic E-state index is 0.146. The SMILES string of the molecule is CC(N)c1ccc(Br)cc1OCc1ccc(F)c(F)c1. The summed E-state index contributed by atoms with van der Waals surface area (Å²) >= 11 is 3.36. The van der Waals surface area contributed by atoms with E-state index >= 15 is 0 Å². The normalized spacial score (nSPS) is 12.2. The quantitative estimate of drug-likeness (QED) is 0.898. The summed E-state index contributed by atoms with van der Waals surface area (Å²) in [7, 11) is 0. The summed E-state index contributed by atoms with van der Waals surface area (Å²) < 4.78 is 32.5. The third kappa shape index (κ3) is 3.55. The van der Waals surface area contributed by atoms with E-state index in [0.717, 1.165) is 22.2 Å². The second-order valence-corrected chi connectivity index (χ2v) is 5.42. The molecule has 106 valence electrons. The van der Waals surface area contributed by atoms with Crippen LogP contribution in [0.3, 0.4) is 0 Å². The van der Waals surface area contributed by atoms with Gasteiger partial charge in [-0.2, -0.15) is 0 Å². The molecule has 1 atom stereocenters. The number of ether oxygens (including phenoxy) is 1. The van der Waals surface area contributed by atoms with E-state index < -0.39 is 11.6 Å². The Kier molecular flexibility index (Phi) is 4.73. The van der Waals surface area contributed by atoms with Crippen molar-refractivity contribution in [3.63, 3.8) is 0 Å². The molecule has 2 aromatic carbocycles. The van der Waals surface area contributed by atoms with Crippen LogP contribution < -0.4 is 10.5 Å². The van der Waals surface area contributed by atoms with Crippen LogP contribution in [-0.2, 0) is 6.61 Å². The molecular formula is C15H14BrF2NO. The van der Waals surface area contributed by atoms with E-state index in [1.165, 1.54) is 6.07 Å². The zero-order valence-electron chi connectivity index (χ0n) is 10.9. The largest absolute Gasteiger partial charge is 0.489 e. The van der Waals surface area contributed by atoms with Crippen molar-refractivity contribution in [1.82, 2.24) is 0 Å². The molecule has 20 heavy (non-hydrogen) atoms. The number of hydrogen-bond donors (Lipinski definition) is 1. The molecule has 2 N–H and O–H groups in total. The highest BCUT2D eigenvalue weighted by Crippen LogP contribution is 2.28. The Bertz CT molecular complexity index is 617. The van der Waals surface area contributed by atoms with Crippen LogP contribution in [0.5, 0.6) is 5.75 Å². The molecule has 0 saturated heterocycles. The topological polar surface area (TPSA) is 35.2 Å². The van der Waals surface area contributed by atoms with Gasteiger partial charge in [0.15, 0.2) is 11.6 Å². The standard InChI is InChI=1S/C15H14BrF2NO/c1-9(19)12-4-3-11(16)7-15(12)20-8-10-2-5-13(17)14(18)6-10/h2-7,9H,8,19H2,1H3. The molecule has 0 aliphatic rings. The van der Waals surface area contributed by atoms with Gasteiger partial charge in [0.2, 0.25) is 0 Å². The van der Waals surface area contributed by atoms with Gasteiger partial charge >= 0.3 is 0 Å². The molecule has 0 bridgehead atoms. The van der Waals surface area contributed by atoms with Crippen LogP contribution in [0.4, 0.5) is 8.78 Å². The van der Waals surface area contributed by atoms with Crippen LogP contribution in [0.15, 0.2) is 40.9 Å². The monoisotopic (exact) mass is 341 g/mol. The van der Waals surface area contributed by atoms with Crippen LogP contribution in [0.25, 0.3) is 0 Å². The van der Waals surface area contributed by atoms with Crippen LogP contribution in [0.1, 0.15) is 24.1 Å². The van der Waals surface area contributed by atoms with Crippen molar-refractivity contribution in [2.24, 2.45) is 5.73 Å². The molecular weight excluding hydrogens is 328 g/mol. The van der Waals surface area contributed by atoms with Crippen LogP contribution in [0.2, 0.25) is 0 Å². The summed E-state index contributed by atoms with van der Waals surface area (Å²) in [5, 5.41) is 0. The van der Waals surface area contributed by atoms with E-state index in [4.69, 9.17) is 10.5 Å². The van der Waals surface area contributed by atoms with Crippen molar-refractivity contribution in [1.29, 1.82) is 0 Å². The van der Waals surface area contributed by atoms with Gasteiger partial charge in [0.1, 0.15) is 12.4 Å². The maximum atomic E-state index is 13.1. The molecule has 0 saturated carbocycles. The molecule has 0 aliphatic heterocycles. The third-order valence-corrected chi connectivity index (χ3v) is 3.34. The number of nitrogens with two attached hydrogens (primary N) is 1. The molecule has 0 heterocycles. The predicted molar refractivity (Wildman–Crippen MR) is 77.4 cm³/mol. The van der Waals surface area contributed by atoms with Gasteiger partial charge < -0.3 is 10.5 Å². The first-order valence-electron chi connectivity index (χ1n) is 6.09. The van der Waals surface area contributed by atoms with E-state index in [0.29, 0.717) is 11.3 Å². The fraction of sp³-hybridized carbons (Fsp3) is 0.200. The zero-order valence-corrected chi connectivity index (χ0v) is 12.5. The first kappa shape index (κ1) is 14.9. The minimum Gasteiger partial charge on any atom is -0.489 e. The van der Waals surface area contributed by atoms with Gasteiger partial charge in [-0.05, 0) is 36.8 Å². The van der Waals surface area contributed by atoms with E-state index in [1.54, 1.807) is 6.07 Å². The van der Waals surface area contributed by atoms with Gasteiger partial charge in [-0.3, -0.25) is 0 Å². The average molecular weight is 342 g/mol. The van der Waals surface area contributed by atoms with Crippen molar-refractivity contribution >= 4 is 15.9 Å². The highest BCUT2D eigenvalue weighted by molar-refractivity contribution is 9.10. The van der Waals surface area contributed by atoms with E-state index in [-0.39, 0.29) is 12.6 Å². The number of halogens is 3. The Balaban J connectivity index is 2.17. The molecule has 2 aromatic rings. The van der Waals surface area contributed by atoms with Crippen LogP contribution >= 0.6 is 15.9 Å². The molecule has 2 nitrogen and oxygen atoms in total. The van der Waals surface area contributed by atoms with E-state index in [1.807, 2.05) is 19.1 Å². The van der Waals surface area contributed by atoms with Crippen molar-refractivity contribution in [2.75, 3.05) is 0 Å². The number of rotatable bonds is 4. The lowest BCUT2D eigenvalue weighted by molar-refractivity contribution is 0.300. The van der Waals surface area contributed by atoms with E-state index in [2.05, 4.69) is 15.9 Å². The van der Waals surface area contributed by atoms with Crippen molar-refractivity contribution in [3.8, 4) is 5.75 Å². The Labute approximate surface area is 124 Å². The van der Waals surface area contributed by atoms with Crippen molar-refractivity contribution < 1.29 is 13.5 Å². The minimum atomic E-state index is -0.882. The lowest BCUT2D eigenvalue weighted by atomic mass is 10.1. The van der Waals surface area contributed by atoms with Gasteiger partial charge in [0.05, 0.1) is 0 Å². The Morgan fingerprint density at radius 3 is 2.55 bits per heavy atom. The first-order valence-corrected chi connectivity index (χ1v) is 6.88. The predicted octanol–water partition coefficient (Wildman–Crippen LogP) is 4.33. The number of hydrogen-bond acceptors (Lipinski definition) is 2. The Morgan fingerprint density at radius 1 is 1.15 bits per heavy atom. The van der Waals surface area contributed by atoms with Gasteiger partial charge in [0, 0.05) is 16.1 Å². The average Bonchev–Trinajstić information content (AvgIpc) is 2.40. The van der Waals surface area contributed by atoms with Crippen molar-refractivity contribution in [3.05, 3.63) is 63.6 Å². The molecule has 0 aliphatic carbocycles. The first-order chi connectivity index (χ1) is 9.47. The van der Waals surface area contributed by atoms with Gasteiger partial charge in [0.25, 0.3) is 0 Å². The van der Waals surface area contributed by atoms with Gasteiger partial charge in [-0.15, -0.1) is 0 Å². The van der Waals surface area contributed by atoms with Crippen molar-refractivity contribution in [2.45, 2.75) is 19.6 Å². The summed E-state index contributed by atoms with van der Waals surface area (Å²) in [6.07, 6.45) is 0. The van der Waals surface area contributed by atoms with E-state index in [9.17, 15) is 8.78 Å².